The Balaban J connectivity index is 1.93. The number of methoxy groups -OCH3 is 1. The molecule has 0 spiro atoms. The molecule has 2 heteroatoms. The van der Waals surface area contributed by atoms with Gasteiger partial charge in [-0.2, -0.15) is 0 Å². The van der Waals surface area contributed by atoms with Gasteiger partial charge in [-0.05, 0) is 30.2 Å². The molecule has 0 aliphatic heterocycles. The maximum atomic E-state index is 12.1. The summed E-state index contributed by atoms with van der Waals surface area (Å²) in [5, 5.41) is 0. The van der Waals surface area contributed by atoms with E-state index in [1.54, 1.807) is 7.11 Å². The summed E-state index contributed by atoms with van der Waals surface area (Å²) in [5.41, 5.74) is 0.816. The number of hydrogen-bond donors (Lipinski definition) is 0. The zero-order valence-electron chi connectivity index (χ0n) is 10.4. The zero-order valence-corrected chi connectivity index (χ0v) is 10.4. The molecule has 1 saturated carbocycles. The molecule has 0 amide bonds. The summed E-state index contributed by atoms with van der Waals surface area (Å²) < 4.78 is 5.09. The monoisotopic (exact) mass is 232 g/mol. The molecule has 17 heavy (non-hydrogen) atoms. The van der Waals surface area contributed by atoms with Crippen molar-refractivity contribution in [3.05, 3.63) is 29.8 Å². The SMILES string of the molecule is COc1ccc(C(=O)CC2CCCCC2)cc1. The van der Waals surface area contributed by atoms with E-state index in [1.807, 2.05) is 24.3 Å². The van der Waals surface area contributed by atoms with E-state index in [0.29, 0.717) is 12.3 Å². The average Bonchev–Trinajstić information content (AvgIpc) is 2.40. The van der Waals surface area contributed by atoms with E-state index in [2.05, 4.69) is 0 Å². The number of hydrogen-bond acceptors (Lipinski definition) is 2. The normalized spacial score (nSPS) is 16.8. The molecule has 0 unspecified atom stereocenters. The molecule has 0 radical (unpaired) electrons. The van der Waals surface area contributed by atoms with Gasteiger partial charge in [-0.15, -0.1) is 0 Å². The van der Waals surface area contributed by atoms with Gasteiger partial charge in [0.2, 0.25) is 0 Å². The Labute approximate surface area is 103 Å². The molecule has 2 nitrogen and oxygen atoms in total. The molecule has 92 valence electrons. The predicted octanol–water partition coefficient (Wildman–Crippen LogP) is 3.85. The van der Waals surface area contributed by atoms with Gasteiger partial charge < -0.3 is 4.74 Å². The smallest absolute Gasteiger partial charge is 0.163 e. The second-order valence-corrected chi connectivity index (χ2v) is 4.86. The van der Waals surface area contributed by atoms with Gasteiger partial charge in [-0.1, -0.05) is 32.1 Å². The summed E-state index contributed by atoms with van der Waals surface area (Å²) in [6.45, 7) is 0. The van der Waals surface area contributed by atoms with Gasteiger partial charge in [-0.25, -0.2) is 0 Å². The van der Waals surface area contributed by atoms with Crippen molar-refractivity contribution in [2.45, 2.75) is 38.5 Å². The number of ether oxygens (including phenoxy) is 1. The third-order valence-corrected chi connectivity index (χ3v) is 3.61. The van der Waals surface area contributed by atoms with Crippen LogP contribution in [0, 0.1) is 5.92 Å². The molecule has 0 bridgehead atoms. The highest BCUT2D eigenvalue weighted by Gasteiger charge is 2.17. The van der Waals surface area contributed by atoms with Crippen LogP contribution in [0.2, 0.25) is 0 Å². The third kappa shape index (κ3) is 3.32. The first kappa shape index (κ1) is 12.2. The third-order valence-electron chi connectivity index (χ3n) is 3.61. The minimum absolute atomic E-state index is 0.277. The molecule has 0 saturated heterocycles. The fourth-order valence-electron chi connectivity index (χ4n) is 2.55. The quantitative estimate of drug-likeness (QED) is 0.737. The van der Waals surface area contributed by atoms with Gasteiger partial charge in [0.15, 0.2) is 5.78 Å². The van der Waals surface area contributed by atoms with Crippen LogP contribution < -0.4 is 4.74 Å². The van der Waals surface area contributed by atoms with Gasteiger partial charge in [-0.3, -0.25) is 4.79 Å². The lowest BCUT2D eigenvalue weighted by molar-refractivity contribution is 0.0950. The summed E-state index contributed by atoms with van der Waals surface area (Å²) in [6.07, 6.45) is 7.09. The van der Waals surface area contributed by atoms with Crippen LogP contribution in [0.3, 0.4) is 0 Å². The van der Waals surface area contributed by atoms with Crippen LogP contribution in [0.15, 0.2) is 24.3 Å². The molecule has 1 aromatic rings. The van der Waals surface area contributed by atoms with E-state index in [-0.39, 0.29) is 5.78 Å². The van der Waals surface area contributed by atoms with E-state index in [4.69, 9.17) is 4.74 Å². The van der Waals surface area contributed by atoms with Crippen molar-refractivity contribution in [3.63, 3.8) is 0 Å². The standard InChI is InChI=1S/C15H20O2/c1-17-14-9-7-13(8-10-14)15(16)11-12-5-3-2-4-6-12/h7-10,12H,2-6,11H2,1H3. The van der Waals surface area contributed by atoms with Crippen molar-refractivity contribution in [2.24, 2.45) is 5.92 Å². The van der Waals surface area contributed by atoms with Crippen LogP contribution in [-0.4, -0.2) is 12.9 Å². The number of carbonyl (C=O) groups is 1. The van der Waals surface area contributed by atoms with Gasteiger partial charge in [0.1, 0.15) is 5.75 Å². The van der Waals surface area contributed by atoms with Crippen LogP contribution >= 0.6 is 0 Å². The van der Waals surface area contributed by atoms with Crippen LogP contribution in [0.4, 0.5) is 0 Å². The molecule has 1 aliphatic rings. The van der Waals surface area contributed by atoms with E-state index in [9.17, 15) is 4.79 Å². The highest BCUT2D eigenvalue weighted by Crippen LogP contribution is 2.27. The number of ketones is 1. The van der Waals surface area contributed by atoms with Crippen molar-refractivity contribution in [1.82, 2.24) is 0 Å². The molecule has 1 aliphatic carbocycles. The molecule has 0 N–H and O–H groups in total. The Bertz CT molecular complexity index is 361. The predicted molar refractivity (Wildman–Crippen MR) is 68.5 cm³/mol. The number of Topliss-reactive ketones (excluding diaryl/α,β-unsaturated/α-hetero) is 1. The Kier molecular flexibility index (Phi) is 4.18. The van der Waals surface area contributed by atoms with Crippen LogP contribution in [0.1, 0.15) is 48.9 Å². The molecule has 2 rings (SSSR count). The fourth-order valence-corrected chi connectivity index (χ4v) is 2.55. The Morgan fingerprint density at radius 3 is 2.41 bits per heavy atom. The Morgan fingerprint density at radius 2 is 1.82 bits per heavy atom. The van der Waals surface area contributed by atoms with Crippen LogP contribution in [0.5, 0.6) is 5.75 Å². The Morgan fingerprint density at radius 1 is 1.18 bits per heavy atom. The molecule has 0 atom stereocenters. The summed E-state index contributed by atoms with van der Waals surface area (Å²) in [4.78, 5) is 12.1. The first-order valence-electron chi connectivity index (χ1n) is 6.47. The fraction of sp³-hybridized carbons (Fsp3) is 0.533. The van der Waals surface area contributed by atoms with Crippen LogP contribution in [0.25, 0.3) is 0 Å². The van der Waals surface area contributed by atoms with E-state index >= 15 is 0 Å². The summed E-state index contributed by atoms with van der Waals surface area (Å²) >= 11 is 0. The lowest BCUT2D eigenvalue weighted by atomic mass is 9.85. The summed E-state index contributed by atoms with van der Waals surface area (Å²) in [5.74, 6) is 1.69. The molecular formula is C15H20O2. The van der Waals surface area contributed by atoms with E-state index < -0.39 is 0 Å². The van der Waals surface area contributed by atoms with E-state index in [1.165, 1.54) is 32.1 Å². The van der Waals surface area contributed by atoms with Gasteiger partial charge in [0.05, 0.1) is 7.11 Å². The van der Waals surface area contributed by atoms with Gasteiger partial charge >= 0.3 is 0 Å². The second-order valence-electron chi connectivity index (χ2n) is 4.86. The van der Waals surface area contributed by atoms with E-state index in [0.717, 1.165) is 11.3 Å². The zero-order chi connectivity index (χ0) is 12.1. The first-order valence-corrected chi connectivity index (χ1v) is 6.47. The lowest BCUT2D eigenvalue weighted by Gasteiger charge is -2.20. The van der Waals surface area contributed by atoms with Crippen molar-refractivity contribution in [2.75, 3.05) is 7.11 Å². The average molecular weight is 232 g/mol. The maximum Gasteiger partial charge on any atom is 0.163 e. The molecular weight excluding hydrogens is 212 g/mol. The number of carbonyl (C=O) groups excluding carboxylic acids is 1. The van der Waals surface area contributed by atoms with Crippen molar-refractivity contribution in [1.29, 1.82) is 0 Å². The highest BCUT2D eigenvalue weighted by molar-refractivity contribution is 5.96. The van der Waals surface area contributed by atoms with Gasteiger partial charge in [0.25, 0.3) is 0 Å². The minimum Gasteiger partial charge on any atom is -0.497 e. The molecule has 0 aromatic heterocycles. The first-order chi connectivity index (χ1) is 8.29. The maximum absolute atomic E-state index is 12.1. The van der Waals surface area contributed by atoms with Crippen molar-refractivity contribution < 1.29 is 9.53 Å². The number of rotatable bonds is 4. The second kappa shape index (κ2) is 5.85. The summed E-state index contributed by atoms with van der Waals surface area (Å²) in [6, 6.07) is 7.44. The molecule has 0 heterocycles. The molecule has 1 fully saturated rings. The van der Waals surface area contributed by atoms with Gasteiger partial charge in [0, 0.05) is 12.0 Å². The molecule has 1 aromatic carbocycles. The summed E-state index contributed by atoms with van der Waals surface area (Å²) in [7, 11) is 1.64. The largest absolute Gasteiger partial charge is 0.497 e. The van der Waals surface area contributed by atoms with Crippen molar-refractivity contribution in [3.8, 4) is 5.75 Å². The van der Waals surface area contributed by atoms with Crippen molar-refractivity contribution >= 4 is 5.78 Å². The minimum atomic E-state index is 0.277. The Hall–Kier alpha value is -1.31. The van der Waals surface area contributed by atoms with Crippen LogP contribution in [-0.2, 0) is 0 Å². The topological polar surface area (TPSA) is 26.3 Å². The lowest BCUT2D eigenvalue weighted by Crippen LogP contribution is -2.12. The highest BCUT2D eigenvalue weighted by atomic mass is 16.5. The number of benzene rings is 1.